The van der Waals surface area contributed by atoms with Crippen molar-refractivity contribution in [2.24, 2.45) is 0 Å². The summed E-state index contributed by atoms with van der Waals surface area (Å²) in [5, 5.41) is 2.73. The smallest absolute Gasteiger partial charge is 0.288 e. The van der Waals surface area contributed by atoms with Crippen molar-refractivity contribution in [1.82, 2.24) is 4.90 Å². The first kappa shape index (κ1) is 13.8. The fourth-order valence-electron chi connectivity index (χ4n) is 2.78. The second kappa shape index (κ2) is 5.57. The molecule has 1 aromatic rings. The Kier molecular flexibility index (Phi) is 4.05. The van der Waals surface area contributed by atoms with E-state index in [1.165, 1.54) is 16.6 Å². The molecule has 19 heavy (non-hydrogen) atoms. The van der Waals surface area contributed by atoms with Gasteiger partial charge in [-0.25, -0.2) is 0 Å². The van der Waals surface area contributed by atoms with Gasteiger partial charge >= 0.3 is 0 Å². The Bertz CT molecular complexity index is 529. The van der Waals surface area contributed by atoms with Gasteiger partial charge in [-0.2, -0.15) is 0 Å². The molecular formula is C14H19BN2O2. The van der Waals surface area contributed by atoms with E-state index >= 15 is 0 Å². The van der Waals surface area contributed by atoms with Gasteiger partial charge in [-0.15, -0.1) is 0 Å². The number of nitrogens with zero attached hydrogens (tertiary/aromatic N) is 1. The molecule has 1 aliphatic heterocycles. The summed E-state index contributed by atoms with van der Waals surface area (Å²) < 4.78 is 0. The molecule has 0 bridgehead atoms. The number of carbonyl (C=O) groups excluding carboxylic acids is 2. The third-order valence-electron chi connectivity index (χ3n) is 3.75. The average molecular weight is 258 g/mol. The third kappa shape index (κ3) is 2.71. The minimum atomic E-state index is -0.581. The van der Waals surface area contributed by atoms with Gasteiger partial charge in [0.2, 0.25) is 6.29 Å². The SMILES string of the molecule is CBc1cc(C)c(NC(=O)C=O)c2c1CCN(C)C2. The standard InChI is InChI=1S/C14H19BN2O2/c1-9-6-12(15-2)10-4-5-17(3)7-11(10)14(9)16-13(19)8-18/h6,8,15H,4-5,7H2,1-3H3,(H,16,19). The summed E-state index contributed by atoms with van der Waals surface area (Å²) in [5.41, 5.74) is 5.70. The Morgan fingerprint density at radius 2 is 2.21 bits per heavy atom. The Hall–Kier alpha value is -1.62. The number of likely N-dealkylation sites (N-methyl/N-ethyl adjacent to an activating group) is 1. The summed E-state index contributed by atoms with van der Waals surface area (Å²) >= 11 is 0. The first-order valence-corrected chi connectivity index (χ1v) is 6.65. The van der Waals surface area contributed by atoms with Gasteiger partial charge in [0.15, 0.2) is 7.28 Å². The zero-order valence-electron chi connectivity index (χ0n) is 11.7. The van der Waals surface area contributed by atoms with Gasteiger partial charge in [-0.3, -0.25) is 9.59 Å². The van der Waals surface area contributed by atoms with Crippen LogP contribution in [0.25, 0.3) is 0 Å². The van der Waals surface area contributed by atoms with E-state index in [0.717, 1.165) is 38.0 Å². The Balaban J connectivity index is 2.53. The fraction of sp³-hybridized carbons (Fsp3) is 0.429. The number of amides is 1. The number of aryl methyl sites for hydroxylation is 1. The number of benzene rings is 1. The predicted molar refractivity (Wildman–Crippen MR) is 78.6 cm³/mol. The van der Waals surface area contributed by atoms with Crippen molar-refractivity contribution in [2.45, 2.75) is 26.7 Å². The maximum atomic E-state index is 11.4. The highest BCUT2D eigenvalue weighted by molar-refractivity contribution is 6.52. The number of hydrogen-bond acceptors (Lipinski definition) is 3. The largest absolute Gasteiger partial charge is 0.319 e. The number of fused-ring (bicyclic) bond motifs is 1. The van der Waals surface area contributed by atoms with E-state index in [1.54, 1.807) is 0 Å². The van der Waals surface area contributed by atoms with Crippen molar-refractivity contribution in [2.75, 3.05) is 18.9 Å². The van der Waals surface area contributed by atoms with Crippen molar-refractivity contribution in [3.63, 3.8) is 0 Å². The van der Waals surface area contributed by atoms with Crippen LogP contribution in [0.4, 0.5) is 5.69 Å². The lowest BCUT2D eigenvalue weighted by Crippen LogP contribution is -2.34. The Labute approximate surface area is 114 Å². The summed E-state index contributed by atoms with van der Waals surface area (Å²) in [6.07, 6.45) is 1.32. The zero-order chi connectivity index (χ0) is 14.0. The molecule has 0 aliphatic carbocycles. The lowest BCUT2D eigenvalue weighted by atomic mass is 9.68. The maximum absolute atomic E-state index is 11.4. The van der Waals surface area contributed by atoms with Gasteiger partial charge in [-0.1, -0.05) is 18.4 Å². The molecule has 0 unspecified atom stereocenters. The monoisotopic (exact) mass is 258 g/mol. The Morgan fingerprint density at radius 3 is 2.84 bits per heavy atom. The number of anilines is 1. The molecule has 1 N–H and O–H groups in total. The van der Waals surface area contributed by atoms with Crippen LogP contribution in [-0.4, -0.2) is 38.0 Å². The molecule has 0 atom stereocenters. The van der Waals surface area contributed by atoms with Gasteiger partial charge < -0.3 is 10.2 Å². The molecule has 0 saturated heterocycles. The highest BCUT2D eigenvalue weighted by Crippen LogP contribution is 2.27. The van der Waals surface area contributed by atoms with Gasteiger partial charge in [0.25, 0.3) is 5.91 Å². The van der Waals surface area contributed by atoms with Crippen LogP contribution in [0, 0.1) is 6.92 Å². The van der Waals surface area contributed by atoms with Crippen molar-refractivity contribution >= 4 is 30.6 Å². The molecule has 2 rings (SSSR count). The van der Waals surface area contributed by atoms with Crippen LogP contribution in [0.3, 0.4) is 0 Å². The maximum Gasteiger partial charge on any atom is 0.288 e. The van der Waals surface area contributed by atoms with E-state index in [-0.39, 0.29) is 0 Å². The normalized spacial score (nSPS) is 14.7. The lowest BCUT2D eigenvalue weighted by molar-refractivity contribution is -0.127. The van der Waals surface area contributed by atoms with Crippen molar-refractivity contribution in [1.29, 1.82) is 0 Å². The molecule has 1 aliphatic rings. The molecule has 1 heterocycles. The first-order chi connectivity index (χ1) is 9.06. The van der Waals surface area contributed by atoms with Crippen LogP contribution in [0.1, 0.15) is 16.7 Å². The number of carbonyl (C=O) groups is 2. The fourth-order valence-corrected chi connectivity index (χ4v) is 2.78. The topological polar surface area (TPSA) is 49.4 Å². The first-order valence-electron chi connectivity index (χ1n) is 6.65. The van der Waals surface area contributed by atoms with Crippen LogP contribution in [0.15, 0.2) is 6.07 Å². The number of rotatable bonds is 3. The number of aldehydes is 1. The molecule has 0 saturated carbocycles. The zero-order valence-corrected chi connectivity index (χ0v) is 11.7. The molecule has 1 amide bonds. The highest BCUT2D eigenvalue weighted by atomic mass is 16.2. The quantitative estimate of drug-likeness (QED) is 0.479. The van der Waals surface area contributed by atoms with Crippen molar-refractivity contribution in [3.8, 4) is 0 Å². The molecule has 100 valence electrons. The van der Waals surface area contributed by atoms with Crippen LogP contribution in [0.2, 0.25) is 6.82 Å². The molecule has 0 aromatic heterocycles. The molecule has 4 nitrogen and oxygen atoms in total. The van der Waals surface area contributed by atoms with Gasteiger partial charge in [-0.05, 0) is 37.1 Å². The molecule has 0 spiro atoms. The lowest BCUT2D eigenvalue weighted by Gasteiger charge is -2.30. The van der Waals surface area contributed by atoms with E-state index in [4.69, 9.17) is 0 Å². The second-order valence-electron chi connectivity index (χ2n) is 5.13. The molecule has 0 fully saturated rings. The summed E-state index contributed by atoms with van der Waals surface area (Å²) in [6.45, 7) is 5.98. The van der Waals surface area contributed by atoms with Gasteiger partial charge in [0.1, 0.15) is 0 Å². The average Bonchev–Trinajstić information content (AvgIpc) is 2.41. The van der Waals surface area contributed by atoms with Gasteiger partial charge in [0.05, 0.1) is 0 Å². The van der Waals surface area contributed by atoms with E-state index in [2.05, 4.69) is 30.2 Å². The molecule has 1 aromatic carbocycles. The molecule has 0 radical (unpaired) electrons. The van der Waals surface area contributed by atoms with E-state index in [1.807, 2.05) is 6.92 Å². The summed E-state index contributed by atoms with van der Waals surface area (Å²) in [7, 11) is 3.07. The minimum Gasteiger partial charge on any atom is -0.319 e. The van der Waals surface area contributed by atoms with E-state index in [9.17, 15) is 9.59 Å². The number of hydrogen-bond donors (Lipinski definition) is 1. The van der Waals surface area contributed by atoms with Crippen LogP contribution >= 0.6 is 0 Å². The van der Waals surface area contributed by atoms with E-state index < -0.39 is 5.91 Å². The van der Waals surface area contributed by atoms with E-state index in [0.29, 0.717) is 6.29 Å². The summed E-state index contributed by atoms with van der Waals surface area (Å²) in [6, 6.07) is 2.13. The van der Waals surface area contributed by atoms with Crippen molar-refractivity contribution in [3.05, 3.63) is 22.8 Å². The molecule has 5 heteroatoms. The summed E-state index contributed by atoms with van der Waals surface area (Å²) in [5.74, 6) is -0.581. The molecular weight excluding hydrogens is 239 g/mol. The van der Waals surface area contributed by atoms with Crippen LogP contribution in [0.5, 0.6) is 0 Å². The minimum absolute atomic E-state index is 0.326. The second-order valence-corrected chi connectivity index (χ2v) is 5.13. The summed E-state index contributed by atoms with van der Waals surface area (Å²) in [4.78, 5) is 24.1. The third-order valence-corrected chi connectivity index (χ3v) is 3.75. The van der Waals surface area contributed by atoms with Crippen molar-refractivity contribution < 1.29 is 9.59 Å². The predicted octanol–water partition coefficient (Wildman–Crippen LogP) is 0.230. The van der Waals surface area contributed by atoms with Crippen LogP contribution < -0.4 is 10.8 Å². The Morgan fingerprint density at radius 1 is 1.47 bits per heavy atom. The van der Waals surface area contributed by atoms with Crippen LogP contribution in [-0.2, 0) is 22.6 Å². The highest BCUT2D eigenvalue weighted by Gasteiger charge is 2.21. The number of nitrogens with one attached hydrogen (secondary N) is 1. The van der Waals surface area contributed by atoms with Gasteiger partial charge in [0, 0.05) is 18.8 Å².